The van der Waals surface area contributed by atoms with Gasteiger partial charge in [0.2, 0.25) is 17.7 Å². The van der Waals surface area contributed by atoms with E-state index >= 15 is 0 Å². The van der Waals surface area contributed by atoms with Gasteiger partial charge in [0.15, 0.2) is 5.82 Å². The minimum Gasteiger partial charge on any atom is -0.366 e. The second-order valence-electron chi connectivity index (χ2n) is 5.66. The maximum atomic E-state index is 11.9. The zero-order chi connectivity index (χ0) is 17.7. The fraction of sp³-hybridized carbons (Fsp3) is 0.375. The first-order valence-corrected chi connectivity index (χ1v) is 7.96. The van der Waals surface area contributed by atoms with Crippen LogP contribution in [0.15, 0.2) is 22.7 Å². The average molecular weight is 351 g/mol. The number of rotatable bonds is 7. The van der Waals surface area contributed by atoms with Crippen LogP contribution in [-0.2, 0) is 11.2 Å². The van der Waals surface area contributed by atoms with Crippen LogP contribution in [0.3, 0.4) is 0 Å². The Morgan fingerprint density at radius 2 is 2.12 bits per heavy atom. The van der Waals surface area contributed by atoms with Crippen molar-refractivity contribution in [3.8, 4) is 0 Å². The molecule has 1 aromatic heterocycles. The Bertz CT molecular complexity index is 743. The number of nitrogens with two attached hydrogens (primary N) is 1. The molecular formula is C16H19ClN4O3. The number of primary amides is 1. The minimum atomic E-state index is -0.613. The lowest BCUT2D eigenvalue weighted by atomic mass is 10.2. The van der Waals surface area contributed by atoms with E-state index in [0.29, 0.717) is 36.7 Å². The molecule has 0 spiro atoms. The smallest absolute Gasteiger partial charge is 0.250 e. The van der Waals surface area contributed by atoms with Gasteiger partial charge in [0, 0.05) is 24.4 Å². The highest BCUT2D eigenvalue weighted by molar-refractivity contribution is 6.34. The maximum absolute atomic E-state index is 11.9. The Labute approximate surface area is 144 Å². The summed E-state index contributed by atoms with van der Waals surface area (Å²) in [5.74, 6) is 0.623. The van der Waals surface area contributed by atoms with Gasteiger partial charge in [-0.05, 0) is 24.6 Å². The highest BCUT2D eigenvalue weighted by Crippen LogP contribution is 2.21. The van der Waals surface area contributed by atoms with Crippen molar-refractivity contribution in [1.82, 2.24) is 10.1 Å². The van der Waals surface area contributed by atoms with E-state index in [9.17, 15) is 9.59 Å². The van der Waals surface area contributed by atoms with Gasteiger partial charge in [-0.3, -0.25) is 9.59 Å². The van der Waals surface area contributed by atoms with Gasteiger partial charge in [0.1, 0.15) is 0 Å². The van der Waals surface area contributed by atoms with E-state index in [1.54, 1.807) is 6.07 Å². The summed E-state index contributed by atoms with van der Waals surface area (Å²) < 4.78 is 5.12. The van der Waals surface area contributed by atoms with E-state index in [4.69, 9.17) is 21.9 Å². The number of anilines is 1. The van der Waals surface area contributed by atoms with Crippen molar-refractivity contribution in [3.05, 3.63) is 40.5 Å². The Balaban J connectivity index is 1.82. The fourth-order valence-corrected chi connectivity index (χ4v) is 2.29. The molecule has 0 radical (unpaired) electrons. The molecule has 8 heteroatoms. The lowest BCUT2D eigenvalue weighted by molar-refractivity contribution is -0.116. The van der Waals surface area contributed by atoms with E-state index in [-0.39, 0.29) is 22.4 Å². The van der Waals surface area contributed by atoms with Crippen molar-refractivity contribution >= 4 is 29.1 Å². The van der Waals surface area contributed by atoms with Gasteiger partial charge in [-0.15, -0.1) is 0 Å². The van der Waals surface area contributed by atoms with E-state index in [1.807, 2.05) is 13.8 Å². The number of hydrogen-bond acceptors (Lipinski definition) is 5. The first-order chi connectivity index (χ1) is 11.4. The minimum absolute atomic E-state index is 0.165. The van der Waals surface area contributed by atoms with Crippen molar-refractivity contribution in [2.45, 2.75) is 39.0 Å². The number of aromatic nitrogens is 2. The Hall–Kier alpha value is -2.41. The molecule has 7 nitrogen and oxygen atoms in total. The number of benzene rings is 1. The number of amides is 2. The number of nitrogens with one attached hydrogen (secondary N) is 1. The summed E-state index contributed by atoms with van der Waals surface area (Å²) >= 11 is 5.94. The second kappa shape index (κ2) is 7.92. The number of carbonyl (C=O) groups excluding carboxylic acids is 2. The van der Waals surface area contributed by atoms with E-state index in [0.717, 1.165) is 0 Å². The molecule has 2 rings (SSSR count). The summed E-state index contributed by atoms with van der Waals surface area (Å²) in [6, 6.07) is 4.55. The molecule has 0 aliphatic rings. The third kappa shape index (κ3) is 4.79. The van der Waals surface area contributed by atoms with Crippen molar-refractivity contribution in [2.75, 3.05) is 5.32 Å². The number of hydrogen-bond donors (Lipinski definition) is 2. The van der Waals surface area contributed by atoms with Gasteiger partial charge < -0.3 is 15.6 Å². The topological polar surface area (TPSA) is 111 Å². The van der Waals surface area contributed by atoms with Crippen LogP contribution in [0.5, 0.6) is 0 Å². The van der Waals surface area contributed by atoms with Gasteiger partial charge in [-0.2, -0.15) is 4.98 Å². The highest BCUT2D eigenvalue weighted by atomic mass is 35.5. The lowest BCUT2D eigenvalue weighted by Crippen LogP contribution is -2.14. The molecule has 0 fully saturated rings. The molecule has 0 unspecified atom stereocenters. The van der Waals surface area contributed by atoms with Crippen molar-refractivity contribution in [3.63, 3.8) is 0 Å². The molecule has 0 bridgehead atoms. The van der Waals surface area contributed by atoms with Gasteiger partial charge in [-0.1, -0.05) is 30.6 Å². The van der Waals surface area contributed by atoms with E-state index in [2.05, 4.69) is 15.5 Å². The molecule has 0 aliphatic heterocycles. The van der Waals surface area contributed by atoms with Gasteiger partial charge in [0.25, 0.3) is 0 Å². The second-order valence-corrected chi connectivity index (χ2v) is 6.07. The van der Waals surface area contributed by atoms with Crippen LogP contribution < -0.4 is 11.1 Å². The third-order valence-corrected chi connectivity index (χ3v) is 3.63. The number of carbonyl (C=O) groups is 2. The first-order valence-electron chi connectivity index (χ1n) is 7.58. The van der Waals surface area contributed by atoms with Crippen LogP contribution in [0.4, 0.5) is 5.69 Å². The monoisotopic (exact) mass is 350 g/mol. The van der Waals surface area contributed by atoms with Crippen LogP contribution in [-0.4, -0.2) is 22.0 Å². The van der Waals surface area contributed by atoms with Crippen LogP contribution in [0.1, 0.15) is 54.7 Å². The summed E-state index contributed by atoms with van der Waals surface area (Å²) in [7, 11) is 0. The third-order valence-electron chi connectivity index (χ3n) is 3.31. The van der Waals surface area contributed by atoms with Crippen molar-refractivity contribution < 1.29 is 14.1 Å². The molecule has 1 aromatic carbocycles. The van der Waals surface area contributed by atoms with Crippen LogP contribution in [0.2, 0.25) is 5.02 Å². The zero-order valence-corrected chi connectivity index (χ0v) is 14.3. The number of nitrogens with zero attached hydrogens (tertiary/aromatic N) is 2. The number of aryl methyl sites for hydroxylation is 1. The lowest BCUT2D eigenvalue weighted by Gasteiger charge is -2.07. The average Bonchev–Trinajstić information content (AvgIpc) is 2.96. The highest BCUT2D eigenvalue weighted by Gasteiger charge is 2.11. The molecule has 2 amide bonds. The first kappa shape index (κ1) is 17.9. The van der Waals surface area contributed by atoms with Crippen molar-refractivity contribution in [1.29, 1.82) is 0 Å². The van der Waals surface area contributed by atoms with Crippen LogP contribution >= 0.6 is 11.6 Å². The maximum Gasteiger partial charge on any atom is 0.250 e. The molecular weight excluding hydrogens is 332 g/mol. The SMILES string of the molecule is CC(C)c1noc(CCCC(=O)Nc2ccc(C(N)=O)c(Cl)c2)n1. The molecule has 3 N–H and O–H groups in total. The number of halogens is 1. The molecule has 2 aromatic rings. The predicted molar refractivity (Wildman–Crippen MR) is 89.9 cm³/mol. The van der Waals surface area contributed by atoms with Gasteiger partial charge in [0.05, 0.1) is 10.6 Å². The summed E-state index contributed by atoms with van der Waals surface area (Å²) in [6.45, 7) is 3.97. The standard InChI is InChI=1S/C16H19ClN4O3/c1-9(2)16-20-14(24-21-16)5-3-4-13(22)19-10-6-7-11(15(18)23)12(17)8-10/h6-9H,3-5H2,1-2H3,(H2,18,23)(H,19,22). The molecule has 0 saturated heterocycles. The molecule has 24 heavy (non-hydrogen) atoms. The van der Waals surface area contributed by atoms with Gasteiger partial charge in [-0.25, -0.2) is 0 Å². The Morgan fingerprint density at radius 1 is 1.38 bits per heavy atom. The van der Waals surface area contributed by atoms with E-state index in [1.165, 1.54) is 12.1 Å². The van der Waals surface area contributed by atoms with Gasteiger partial charge >= 0.3 is 0 Å². The quantitative estimate of drug-likeness (QED) is 0.797. The molecule has 128 valence electrons. The van der Waals surface area contributed by atoms with Crippen LogP contribution in [0.25, 0.3) is 0 Å². The summed E-state index contributed by atoms with van der Waals surface area (Å²) in [4.78, 5) is 27.3. The van der Waals surface area contributed by atoms with Crippen molar-refractivity contribution in [2.24, 2.45) is 5.73 Å². The van der Waals surface area contributed by atoms with Crippen LogP contribution in [0, 0.1) is 0 Å². The Kier molecular flexibility index (Phi) is 5.92. The molecule has 0 aliphatic carbocycles. The van der Waals surface area contributed by atoms with E-state index < -0.39 is 5.91 Å². The Morgan fingerprint density at radius 3 is 2.71 bits per heavy atom. The summed E-state index contributed by atoms with van der Waals surface area (Å²) in [5.41, 5.74) is 5.90. The molecule has 0 atom stereocenters. The molecule has 0 saturated carbocycles. The fourth-order valence-electron chi connectivity index (χ4n) is 2.02. The predicted octanol–water partition coefficient (Wildman–Crippen LogP) is 2.91. The largest absolute Gasteiger partial charge is 0.366 e. The normalized spacial score (nSPS) is 10.8. The zero-order valence-electron chi connectivity index (χ0n) is 13.5. The molecule has 1 heterocycles. The summed E-state index contributed by atoms with van der Waals surface area (Å²) in [5, 5.41) is 6.79. The summed E-state index contributed by atoms with van der Waals surface area (Å²) in [6.07, 6.45) is 1.42.